The van der Waals surface area contributed by atoms with Crippen LogP contribution in [0, 0.1) is 11.3 Å². The summed E-state index contributed by atoms with van der Waals surface area (Å²) in [6.45, 7) is 6.24. The molecule has 0 unspecified atom stereocenters. The highest BCUT2D eigenvalue weighted by molar-refractivity contribution is 5.83. The summed E-state index contributed by atoms with van der Waals surface area (Å²) in [6, 6.07) is 9.91. The molecule has 0 aliphatic heterocycles. The molecule has 3 nitrogen and oxygen atoms in total. The fraction of sp³-hybridized carbons (Fsp3) is 0.308. The van der Waals surface area contributed by atoms with Crippen molar-refractivity contribution in [2.75, 3.05) is 0 Å². The van der Waals surface area contributed by atoms with E-state index in [9.17, 15) is 0 Å². The van der Waals surface area contributed by atoms with E-state index in [1.165, 1.54) is 0 Å². The minimum atomic E-state index is -0.111. The molecule has 0 radical (unpaired) electrons. The van der Waals surface area contributed by atoms with E-state index >= 15 is 0 Å². The summed E-state index contributed by atoms with van der Waals surface area (Å²) in [6.07, 6.45) is 0. The smallest absolute Gasteiger partial charge is 0.167 e. The van der Waals surface area contributed by atoms with Gasteiger partial charge in [0.05, 0.1) is 5.52 Å². The van der Waals surface area contributed by atoms with Gasteiger partial charge in [-0.1, -0.05) is 39.0 Å². The maximum Gasteiger partial charge on any atom is 0.167 e. The van der Waals surface area contributed by atoms with Crippen LogP contribution in [0.2, 0.25) is 0 Å². The van der Waals surface area contributed by atoms with Gasteiger partial charge in [0.25, 0.3) is 0 Å². The molecule has 0 bridgehead atoms. The number of nitrogens with zero attached hydrogens (tertiary/aromatic N) is 3. The third-order valence-electron chi connectivity index (χ3n) is 2.52. The van der Waals surface area contributed by atoms with Gasteiger partial charge in [0.2, 0.25) is 0 Å². The summed E-state index contributed by atoms with van der Waals surface area (Å²) >= 11 is 0. The van der Waals surface area contributed by atoms with E-state index in [1.54, 1.807) is 0 Å². The lowest BCUT2D eigenvalue weighted by molar-refractivity contribution is 0.589. The van der Waals surface area contributed by atoms with Gasteiger partial charge in [-0.15, -0.1) is 10.2 Å². The van der Waals surface area contributed by atoms with Crippen LogP contribution in [0.3, 0.4) is 0 Å². The summed E-state index contributed by atoms with van der Waals surface area (Å²) in [7, 11) is 0. The van der Waals surface area contributed by atoms with Crippen LogP contribution in [0.4, 0.5) is 0 Å². The van der Waals surface area contributed by atoms with Gasteiger partial charge in [0.1, 0.15) is 6.07 Å². The average molecular weight is 211 g/mol. The Morgan fingerprint density at radius 3 is 2.44 bits per heavy atom. The Kier molecular flexibility index (Phi) is 2.35. The molecule has 0 fully saturated rings. The van der Waals surface area contributed by atoms with E-state index in [1.807, 2.05) is 24.3 Å². The van der Waals surface area contributed by atoms with Gasteiger partial charge < -0.3 is 0 Å². The third-order valence-corrected chi connectivity index (χ3v) is 2.52. The molecule has 80 valence electrons. The molecule has 2 aromatic rings. The molecule has 0 aliphatic rings. The second kappa shape index (κ2) is 3.57. The number of hydrogen-bond acceptors (Lipinski definition) is 3. The Balaban J connectivity index is 2.91. The van der Waals surface area contributed by atoms with Gasteiger partial charge in [-0.2, -0.15) is 5.26 Å². The second-order valence-electron chi connectivity index (χ2n) is 4.80. The lowest BCUT2D eigenvalue weighted by Crippen LogP contribution is -2.15. The van der Waals surface area contributed by atoms with Crippen LogP contribution in [0.15, 0.2) is 24.3 Å². The minimum absolute atomic E-state index is 0.111. The van der Waals surface area contributed by atoms with Crippen molar-refractivity contribution in [3.8, 4) is 6.07 Å². The monoisotopic (exact) mass is 211 g/mol. The molecule has 0 spiro atoms. The molecular formula is C13H13N3. The molecule has 0 saturated carbocycles. The molecule has 0 saturated heterocycles. The predicted octanol–water partition coefficient (Wildman–Crippen LogP) is 2.80. The molecule has 1 aromatic heterocycles. The highest BCUT2D eigenvalue weighted by Gasteiger charge is 2.22. The predicted molar refractivity (Wildman–Crippen MR) is 63.0 cm³/mol. The van der Waals surface area contributed by atoms with Gasteiger partial charge in [-0.25, -0.2) is 0 Å². The Hall–Kier alpha value is -1.95. The van der Waals surface area contributed by atoms with Crippen molar-refractivity contribution in [3.63, 3.8) is 0 Å². The van der Waals surface area contributed by atoms with Crippen molar-refractivity contribution in [1.29, 1.82) is 5.26 Å². The Bertz CT molecular complexity index is 574. The molecule has 3 heteroatoms. The SMILES string of the molecule is CC(C)(C)c1c(C#N)nnc2ccccc12. The van der Waals surface area contributed by atoms with E-state index in [0.717, 1.165) is 16.5 Å². The largest absolute Gasteiger partial charge is 0.191 e. The lowest BCUT2D eigenvalue weighted by atomic mass is 9.83. The summed E-state index contributed by atoms with van der Waals surface area (Å²) < 4.78 is 0. The van der Waals surface area contributed by atoms with Gasteiger partial charge in [0.15, 0.2) is 5.69 Å². The molecule has 0 atom stereocenters. The first-order chi connectivity index (χ1) is 7.54. The van der Waals surface area contributed by atoms with Crippen LogP contribution in [-0.2, 0) is 5.41 Å². The minimum Gasteiger partial charge on any atom is -0.191 e. The summed E-state index contributed by atoms with van der Waals surface area (Å²) in [5.74, 6) is 0. The van der Waals surface area contributed by atoms with Crippen molar-refractivity contribution < 1.29 is 0 Å². The van der Waals surface area contributed by atoms with Crippen molar-refractivity contribution >= 4 is 10.9 Å². The first-order valence-corrected chi connectivity index (χ1v) is 5.20. The van der Waals surface area contributed by atoms with Gasteiger partial charge in [-0.3, -0.25) is 0 Å². The molecule has 1 heterocycles. The first-order valence-electron chi connectivity index (χ1n) is 5.20. The third kappa shape index (κ3) is 1.63. The number of benzene rings is 1. The topological polar surface area (TPSA) is 49.6 Å². The van der Waals surface area contributed by atoms with Crippen LogP contribution < -0.4 is 0 Å². The number of fused-ring (bicyclic) bond motifs is 1. The highest BCUT2D eigenvalue weighted by atomic mass is 15.1. The summed E-state index contributed by atoms with van der Waals surface area (Å²) in [4.78, 5) is 0. The van der Waals surface area contributed by atoms with Gasteiger partial charge in [0, 0.05) is 10.9 Å². The Morgan fingerprint density at radius 1 is 1.12 bits per heavy atom. The molecular weight excluding hydrogens is 198 g/mol. The van der Waals surface area contributed by atoms with E-state index in [2.05, 4.69) is 37.0 Å². The van der Waals surface area contributed by atoms with Crippen LogP contribution in [-0.4, -0.2) is 10.2 Å². The fourth-order valence-electron chi connectivity index (χ4n) is 1.89. The van der Waals surface area contributed by atoms with E-state index < -0.39 is 0 Å². The zero-order valence-electron chi connectivity index (χ0n) is 9.65. The van der Waals surface area contributed by atoms with E-state index in [-0.39, 0.29) is 5.41 Å². The maximum absolute atomic E-state index is 9.09. The van der Waals surface area contributed by atoms with Crippen molar-refractivity contribution in [2.45, 2.75) is 26.2 Å². The first kappa shape index (κ1) is 10.6. The molecule has 0 N–H and O–H groups in total. The second-order valence-corrected chi connectivity index (χ2v) is 4.80. The van der Waals surface area contributed by atoms with Crippen LogP contribution in [0.25, 0.3) is 10.9 Å². The summed E-state index contributed by atoms with van der Waals surface area (Å²) in [5.41, 5.74) is 2.12. The lowest BCUT2D eigenvalue weighted by Gasteiger charge is -2.21. The number of hydrogen-bond donors (Lipinski definition) is 0. The standard InChI is InChI=1S/C13H13N3/c1-13(2,3)12-9-6-4-5-7-10(9)15-16-11(12)8-14/h4-7H,1-3H3. The normalized spacial score (nSPS) is 11.4. The van der Waals surface area contributed by atoms with Crippen molar-refractivity contribution in [2.24, 2.45) is 0 Å². The quantitative estimate of drug-likeness (QED) is 0.673. The average Bonchev–Trinajstić information content (AvgIpc) is 2.26. The molecule has 2 rings (SSSR count). The van der Waals surface area contributed by atoms with E-state index in [0.29, 0.717) is 5.69 Å². The van der Waals surface area contributed by atoms with E-state index in [4.69, 9.17) is 5.26 Å². The highest BCUT2D eigenvalue weighted by Crippen LogP contribution is 2.30. The Labute approximate surface area is 94.7 Å². The number of nitriles is 1. The molecule has 0 amide bonds. The Morgan fingerprint density at radius 2 is 1.81 bits per heavy atom. The van der Waals surface area contributed by atoms with Crippen molar-refractivity contribution in [3.05, 3.63) is 35.5 Å². The zero-order valence-corrected chi connectivity index (χ0v) is 9.65. The van der Waals surface area contributed by atoms with Crippen molar-refractivity contribution in [1.82, 2.24) is 10.2 Å². The fourth-order valence-corrected chi connectivity index (χ4v) is 1.89. The summed E-state index contributed by atoms with van der Waals surface area (Å²) in [5, 5.41) is 18.1. The number of rotatable bonds is 0. The molecule has 1 aromatic carbocycles. The molecule has 0 aliphatic carbocycles. The zero-order chi connectivity index (χ0) is 11.8. The van der Waals surface area contributed by atoms with Crippen LogP contribution in [0.5, 0.6) is 0 Å². The van der Waals surface area contributed by atoms with Gasteiger partial charge >= 0.3 is 0 Å². The van der Waals surface area contributed by atoms with Gasteiger partial charge in [-0.05, 0) is 11.5 Å². The van der Waals surface area contributed by atoms with Crippen LogP contribution >= 0.6 is 0 Å². The number of aromatic nitrogens is 2. The molecule has 16 heavy (non-hydrogen) atoms. The van der Waals surface area contributed by atoms with Crippen LogP contribution in [0.1, 0.15) is 32.0 Å². The maximum atomic E-state index is 9.09.